The highest BCUT2D eigenvalue weighted by atomic mass is 16.2. The number of carbonyl (C=O) groups excluding carboxylic acids is 1. The Kier molecular flexibility index (Phi) is 4.70. The highest BCUT2D eigenvalue weighted by Crippen LogP contribution is 2.23. The molecule has 0 bridgehead atoms. The Morgan fingerprint density at radius 2 is 1.94 bits per heavy atom. The SMILES string of the molecule is CC(CCN)NC(=O)C(C)(C)c1ccccc1. The van der Waals surface area contributed by atoms with E-state index in [1.807, 2.05) is 51.1 Å². The van der Waals surface area contributed by atoms with Gasteiger partial charge in [0.25, 0.3) is 0 Å². The van der Waals surface area contributed by atoms with E-state index in [0.717, 1.165) is 12.0 Å². The van der Waals surface area contributed by atoms with E-state index in [1.165, 1.54) is 0 Å². The van der Waals surface area contributed by atoms with Gasteiger partial charge in [0.15, 0.2) is 0 Å². The van der Waals surface area contributed by atoms with Crippen molar-refractivity contribution in [1.29, 1.82) is 0 Å². The normalized spacial score (nSPS) is 13.2. The van der Waals surface area contributed by atoms with E-state index in [0.29, 0.717) is 6.54 Å². The van der Waals surface area contributed by atoms with Crippen LogP contribution in [0.25, 0.3) is 0 Å². The second-order valence-corrected chi connectivity index (χ2v) is 4.94. The van der Waals surface area contributed by atoms with E-state index in [9.17, 15) is 4.79 Å². The molecule has 1 rings (SSSR count). The predicted octanol–water partition coefficient (Wildman–Crippen LogP) is 1.82. The highest BCUT2D eigenvalue weighted by Gasteiger charge is 2.30. The molecule has 0 saturated heterocycles. The summed E-state index contributed by atoms with van der Waals surface area (Å²) in [4.78, 5) is 12.2. The molecule has 94 valence electrons. The molecular weight excluding hydrogens is 212 g/mol. The fourth-order valence-corrected chi connectivity index (χ4v) is 1.71. The van der Waals surface area contributed by atoms with Crippen molar-refractivity contribution in [3.8, 4) is 0 Å². The molecule has 0 spiro atoms. The summed E-state index contributed by atoms with van der Waals surface area (Å²) in [6.07, 6.45) is 0.802. The van der Waals surface area contributed by atoms with Crippen molar-refractivity contribution in [3.05, 3.63) is 35.9 Å². The molecule has 0 heterocycles. The maximum absolute atomic E-state index is 12.2. The Morgan fingerprint density at radius 1 is 1.35 bits per heavy atom. The van der Waals surface area contributed by atoms with Crippen LogP contribution in [0.15, 0.2) is 30.3 Å². The maximum Gasteiger partial charge on any atom is 0.230 e. The van der Waals surface area contributed by atoms with Gasteiger partial charge >= 0.3 is 0 Å². The quantitative estimate of drug-likeness (QED) is 0.816. The highest BCUT2D eigenvalue weighted by molar-refractivity contribution is 5.87. The fraction of sp³-hybridized carbons (Fsp3) is 0.500. The van der Waals surface area contributed by atoms with Crippen molar-refractivity contribution < 1.29 is 4.79 Å². The molecule has 0 radical (unpaired) electrons. The number of rotatable bonds is 5. The van der Waals surface area contributed by atoms with Crippen LogP contribution in [-0.2, 0) is 10.2 Å². The number of benzene rings is 1. The van der Waals surface area contributed by atoms with Crippen LogP contribution < -0.4 is 11.1 Å². The van der Waals surface area contributed by atoms with E-state index in [4.69, 9.17) is 5.73 Å². The Balaban J connectivity index is 2.74. The van der Waals surface area contributed by atoms with Crippen LogP contribution in [0.1, 0.15) is 32.8 Å². The Hall–Kier alpha value is -1.35. The summed E-state index contributed by atoms with van der Waals surface area (Å²) in [7, 11) is 0. The van der Waals surface area contributed by atoms with Gasteiger partial charge in [-0.25, -0.2) is 0 Å². The molecule has 17 heavy (non-hydrogen) atoms. The van der Waals surface area contributed by atoms with Crippen LogP contribution in [0, 0.1) is 0 Å². The summed E-state index contributed by atoms with van der Waals surface area (Å²) in [5.41, 5.74) is 5.99. The molecule has 1 aromatic rings. The second kappa shape index (κ2) is 5.82. The van der Waals surface area contributed by atoms with Crippen molar-refractivity contribution in [3.63, 3.8) is 0 Å². The first kappa shape index (κ1) is 13.7. The number of amides is 1. The van der Waals surface area contributed by atoms with Crippen molar-refractivity contribution in [2.24, 2.45) is 5.73 Å². The number of carbonyl (C=O) groups is 1. The minimum absolute atomic E-state index is 0.0460. The van der Waals surface area contributed by atoms with Crippen molar-refractivity contribution in [2.45, 2.75) is 38.6 Å². The van der Waals surface area contributed by atoms with Crippen LogP contribution >= 0.6 is 0 Å². The molecule has 0 fully saturated rings. The molecule has 0 aliphatic rings. The number of hydrogen-bond acceptors (Lipinski definition) is 2. The van der Waals surface area contributed by atoms with Gasteiger partial charge < -0.3 is 11.1 Å². The molecular formula is C14H22N2O. The minimum Gasteiger partial charge on any atom is -0.353 e. The molecule has 0 aromatic heterocycles. The third kappa shape index (κ3) is 3.56. The lowest BCUT2D eigenvalue weighted by molar-refractivity contribution is -0.126. The van der Waals surface area contributed by atoms with Crippen LogP contribution in [0.4, 0.5) is 0 Å². The summed E-state index contributed by atoms with van der Waals surface area (Å²) in [5.74, 6) is 0.0460. The largest absolute Gasteiger partial charge is 0.353 e. The lowest BCUT2D eigenvalue weighted by atomic mass is 9.83. The van der Waals surface area contributed by atoms with E-state index >= 15 is 0 Å². The Morgan fingerprint density at radius 3 is 2.47 bits per heavy atom. The Bertz CT molecular complexity index is 360. The zero-order chi connectivity index (χ0) is 12.9. The average Bonchev–Trinajstić information content (AvgIpc) is 2.30. The van der Waals surface area contributed by atoms with Crippen LogP contribution in [0.3, 0.4) is 0 Å². The maximum atomic E-state index is 12.2. The van der Waals surface area contributed by atoms with Gasteiger partial charge in [-0.3, -0.25) is 4.79 Å². The van der Waals surface area contributed by atoms with Crippen LogP contribution in [-0.4, -0.2) is 18.5 Å². The molecule has 3 heteroatoms. The summed E-state index contributed by atoms with van der Waals surface area (Å²) in [5, 5.41) is 3.00. The standard InChI is InChI=1S/C14H22N2O/c1-11(9-10-15)16-13(17)14(2,3)12-7-5-4-6-8-12/h4-8,11H,9-10,15H2,1-3H3,(H,16,17). The lowest BCUT2D eigenvalue weighted by Crippen LogP contribution is -2.44. The molecule has 1 amide bonds. The minimum atomic E-state index is -0.510. The molecule has 0 aliphatic heterocycles. The smallest absolute Gasteiger partial charge is 0.230 e. The third-order valence-corrected chi connectivity index (χ3v) is 3.04. The zero-order valence-electron chi connectivity index (χ0n) is 10.9. The van der Waals surface area contributed by atoms with Crippen molar-refractivity contribution in [2.75, 3.05) is 6.54 Å². The molecule has 1 aromatic carbocycles. The van der Waals surface area contributed by atoms with Gasteiger partial charge in [0.05, 0.1) is 5.41 Å². The van der Waals surface area contributed by atoms with Gasteiger partial charge in [0.2, 0.25) is 5.91 Å². The van der Waals surface area contributed by atoms with Gasteiger partial charge in [-0.05, 0) is 39.3 Å². The summed E-state index contributed by atoms with van der Waals surface area (Å²) in [6, 6.07) is 9.94. The van der Waals surface area contributed by atoms with E-state index in [2.05, 4.69) is 5.32 Å². The fourth-order valence-electron chi connectivity index (χ4n) is 1.71. The Labute approximate surface area is 103 Å². The van der Waals surface area contributed by atoms with Gasteiger partial charge in [-0.1, -0.05) is 30.3 Å². The summed E-state index contributed by atoms with van der Waals surface area (Å²) < 4.78 is 0. The number of nitrogens with one attached hydrogen (secondary N) is 1. The second-order valence-electron chi connectivity index (χ2n) is 4.94. The van der Waals surface area contributed by atoms with Gasteiger partial charge in [-0.15, -0.1) is 0 Å². The van der Waals surface area contributed by atoms with Crippen molar-refractivity contribution in [1.82, 2.24) is 5.32 Å². The number of hydrogen-bond donors (Lipinski definition) is 2. The first-order chi connectivity index (χ1) is 7.98. The molecule has 3 N–H and O–H groups in total. The lowest BCUT2D eigenvalue weighted by Gasteiger charge is -2.26. The summed E-state index contributed by atoms with van der Waals surface area (Å²) in [6.45, 7) is 6.44. The van der Waals surface area contributed by atoms with E-state index < -0.39 is 5.41 Å². The first-order valence-electron chi connectivity index (χ1n) is 6.05. The molecule has 3 nitrogen and oxygen atoms in total. The molecule has 1 unspecified atom stereocenters. The van der Waals surface area contributed by atoms with Gasteiger partial charge in [0, 0.05) is 6.04 Å². The molecule has 0 aliphatic carbocycles. The van der Waals surface area contributed by atoms with Crippen LogP contribution in [0.2, 0.25) is 0 Å². The topological polar surface area (TPSA) is 55.1 Å². The molecule has 1 atom stereocenters. The monoisotopic (exact) mass is 234 g/mol. The molecule has 0 saturated carbocycles. The van der Waals surface area contributed by atoms with Gasteiger partial charge in [0.1, 0.15) is 0 Å². The first-order valence-corrected chi connectivity index (χ1v) is 6.05. The number of nitrogens with two attached hydrogens (primary N) is 1. The van der Waals surface area contributed by atoms with Crippen molar-refractivity contribution >= 4 is 5.91 Å². The predicted molar refractivity (Wildman–Crippen MR) is 70.7 cm³/mol. The average molecular weight is 234 g/mol. The van der Waals surface area contributed by atoms with Crippen LogP contribution in [0.5, 0.6) is 0 Å². The third-order valence-electron chi connectivity index (χ3n) is 3.04. The summed E-state index contributed by atoms with van der Waals surface area (Å²) >= 11 is 0. The van der Waals surface area contributed by atoms with E-state index in [-0.39, 0.29) is 11.9 Å². The van der Waals surface area contributed by atoms with E-state index in [1.54, 1.807) is 0 Å². The van der Waals surface area contributed by atoms with Gasteiger partial charge in [-0.2, -0.15) is 0 Å². The zero-order valence-corrected chi connectivity index (χ0v) is 10.9.